The average molecular weight is 520 g/mol. The number of hydrogen-bond donors (Lipinski definition) is 2. The summed E-state index contributed by atoms with van der Waals surface area (Å²) in [6, 6.07) is 14.2. The third kappa shape index (κ3) is 4.87. The van der Waals surface area contributed by atoms with Crippen LogP contribution in [0, 0.1) is 0 Å². The van der Waals surface area contributed by atoms with E-state index in [4.69, 9.17) is 4.74 Å². The Kier molecular flexibility index (Phi) is 7.15. The Morgan fingerprint density at radius 1 is 1.13 bits per heavy atom. The third-order valence-electron chi connectivity index (χ3n) is 6.89. The van der Waals surface area contributed by atoms with Gasteiger partial charge in [0.05, 0.1) is 40.6 Å². The number of aliphatic hydroxyl groups excluding tert-OH is 1. The van der Waals surface area contributed by atoms with Gasteiger partial charge in [-0.1, -0.05) is 12.1 Å². The maximum absolute atomic E-state index is 13.0. The molecule has 2 aliphatic rings. The van der Waals surface area contributed by atoms with Gasteiger partial charge in [0.25, 0.3) is 11.8 Å². The van der Waals surface area contributed by atoms with Gasteiger partial charge in [0.1, 0.15) is 24.8 Å². The molecule has 0 bridgehead atoms. The van der Waals surface area contributed by atoms with Gasteiger partial charge in [-0.25, -0.2) is 9.37 Å². The number of halogens is 1. The number of nitrogens with one attached hydrogen (secondary N) is 1. The highest BCUT2D eigenvalue weighted by molar-refractivity contribution is 6.13. The van der Waals surface area contributed by atoms with Crippen LogP contribution in [0.2, 0.25) is 0 Å². The van der Waals surface area contributed by atoms with Crippen molar-refractivity contribution in [3.05, 3.63) is 65.9 Å². The maximum Gasteiger partial charge on any atom is 0.260 e. The molecule has 0 aliphatic carbocycles. The van der Waals surface area contributed by atoms with Gasteiger partial charge in [-0.05, 0) is 43.2 Å². The topological polar surface area (TPSA) is 98.2 Å². The highest BCUT2D eigenvalue weighted by Gasteiger charge is 2.28. The van der Waals surface area contributed by atoms with Gasteiger partial charge in [-0.3, -0.25) is 9.59 Å². The van der Waals surface area contributed by atoms with E-state index in [9.17, 15) is 19.1 Å². The maximum atomic E-state index is 13.0. The molecular formula is C28H30FN5O4. The van der Waals surface area contributed by atoms with Gasteiger partial charge in [-0.15, -0.1) is 0 Å². The number of carbonyl (C=O) groups excluding carboxylic acids is 2. The summed E-state index contributed by atoms with van der Waals surface area (Å²) >= 11 is 0. The van der Waals surface area contributed by atoms with Crippen LogP contribution in [0.4, 0.5) is 33.0 Å². The van der Waals surface area contributed by atoms with E-state index >= 15 is 0 Å². The summed E-state index contributed by atoms with van der Waals surface area (Å²) < 4.78 is 18.6. The highest BCUT2D eigenvalue weighted by atomic mass is 19.1. The Morgan fingerprint density at radius 2 is 1.95 bits per heavy atom. The zero-order chi connectivity index (χ0) is 26.8. The molecule has 2 N–H and O–H groups in total. The van der Waals surface area contributed by atoms with Crippen LogP contribution < -0.4 is 19.9 Å². The number of rotatable bonds is 6. The van der Waals surface area contributed by atoms with Crippen molar-refractivity contribution in [3.8, 4) is 5.75 Å². The molecule has 2 aromatic carbocycles. The number of alkyl halides is 1. The third-order valence-corrected chi connectivity index (χ3v) is 6.89. The number of aliphatic hydroxyl groups is 1. The number of aromatic nitrogens is 1. The molecule has 0 spiro atoms. The molecule has 1 aromatic heterocycles. The van der Waals surface area contributed by atoms with Crippen LogP contribution in [0.1, 0.15) is 33.6 Å². The van der Waals surface area contributed by atoms with Crippen molar-refractivity contribution in [2.45, 2.75) is 18.9 Å². The van der Waals surface area contributed by atoms with E-state index in [2.05, 4.69) is 10.3 Å². The first kappa shape index (κ1) is 25.5. The minimum absolute atomic E-state index is 0.128. The normalized spacial score (nSPS) is 17.0. The van der Waals surface area contributed by atoms with Crippen LogP contribution in [0.25, 0.3) is 0 Å². The molecule has 3 aromatic rings. The molecule has 2 aliphatic heterocycles. The Labute approximate surface area is 220 Å². The monoisotopic (exact) mass is 519 g/mol. The number of anilines is 5. The van der Waals surface area contributed by atoms with Crippen LogP contribution in [0.3, 0.4) is 0 Å². The van der Waals surface area contributed by atoms with Crippen molar-refractivity contribution >= 4 is 40.4 Å². The second-order valence-electron chi connectivity index (χ2n) is 9.42. The molecule has 198 valence electrons. The van der Waals surface area contributed by atoms with Gasteiger partial charge in [-0.2, -0.15) is 0 Å². The first-order valence-corrected chi connectivity index (χ1v) is 12.6. The highest BCUT2D eigenvalue weighted by Crippen LogP contribution is 2.40. The SMILES string of the molecule is CN1C(=O)c2ccccc2N(C)c2cc(Nc3ccc(C(=O)N4CCC[C@H](O)C4)cc3OCCF)ncc21. The van der Waals surface area contributed by atoms with Gasteiger partial charge in [0.2, 0.25) is 0 Å². The molecule has 3 heterocycles. The standard InChI is InChI=1S/C28H30FN5O4/c1-32-22-8-4-3-7-20(22)28(37)33(2)24-16-30-26(15-23(24)32)31-21-10-9-18(14-25(21)38-13-11-29)27(36)34-12-5-6-19(35)17-34/h3-4,7-10,14-16,19,35H,5-6,11-13,17H2,1-2H3,(H,30,31)/t19-/m0/s1. The van der Waals surface area contributed by atoms with Crippen LogP contribution in [0.5, 0.6) is 5.75 Å². The van der Waals surface area contributed by atoms with Gasteiger partial charge >= 0.3 is 0 Å². The number of ether oxygens (including phenoxy) is 1. The number of pyridine rings is 1. The molecule has 9 nitrogen and oxygen atoms in total. The number of carbonyl (C=O) groups is 2. The minimum atomic E-state index is -0.683. The summed E-state index contributed by atoms with van der Waals surface area (Å²) in [5, 5.41) is 13.2. The number of fused-ring (bicyclic) bond motifs is 2. The Bertz CT molecular complexity index is 1370. The molecule has 10 heteroatoms. The van der Waals surface area contributed by atoms with Gasteiger partial charge in [0.15, 0.2) is 0 Å². The fraction of sp³-hybridized carbons (Fsp3) is 0.321. The number of likely N-dealkylation sites (tertiary alicyclic amines) is 1. The largest absolute Gasteiger partial charge is 0.489 e. The molecule has 0 unspecified atom stereocenters. The first-order valence-electron chi connectivity index (χ1n) is 12.6. The minimum Gasteiger partial charge on any atom is -0.489 e. The molecule has 1 saturated heterocycles. The molecule has 2 amide bonds. The van der Waals surface area contributed by atoms with Crippen LogP contribution in [-0.2, 0) is 0 Å². The van der Waals surface area contributed by atoms with E-state index in [0.717, 1.165) is 17.8 Å². The van der Waals surface area contributed by atoms with Gasteiger partial charge in [0, 0.05) is 38.8 Å². The number of benzene rings is 2. The van der Waals surface area contributed by atoms with Crippen molar-refractivity contribution < 1.29 is 23.8 Å². The lowest BCUT2D eigenvalue weighted by molar-refractivity contribution is 0.0473. The van der Waals surface area contributed by atoms with Crippen LogP contribution in [-0.4, -0.2) is 73.4 Å². The van der Waals surface area contributed by atoms with Crippen LogP contribution >= 0.6 is 0 Å². The average Bonchev–Trinajstić information content (AvgIpc) is 3.01. The number of piperidine rings is 1. The van der Waals surface area contributed by atoms with Crippen molar-refractivity contribution in [2.75, 3.05) is 55.6 Å². The molecule has 5 rings (SSSR count). The quantitative estimate of drug-likeness (QED) is 0.505. The van der Waals surface area contributed by atoms with Crippen molar-refractivity contribution in [1.82, 2.24) is 9.88 Å². The lowest BCUT2D eigenvalue weighted by Crippen LogP contribution is -2.42. The molecule has 0 saturated carbocycles. The Balaban J connectivity index is 1.45. The molecule has 38 heavy (non-hydrogen) atoms. The van der Waals surface area contributed by atoms with E-state index in [1.165, 1.54) is 0 Å². The number of para-hydroxylation sites is 1. The van der Waals surface area contributed by atoms with Crippen molar-refractivity contribution in [2.24, 2.45) is 0 Å². The summed E-state index contributed by atoms with van der Waals surface area (Å²) in [4.78, 5) is 35.7. The van der Waals surface area contributed by atoms with E-state index < -0.39 is 12.8 Å². The van der Waals surface area contributed by atoms with E-state index in [1.807, 2.05) is 36.2 Å². The molecule has 1 atom stereocenters. The molecule has 0 radical (unpaired) electrons. The summed E-state index contributed by atoms with van der Waals surface area (Å²) in [7, 11) is 3.60. The fourth-order valence-electron chi connectivity index (χ4n) is 4.89. The number of amides is 2. The Hall–Kier alpha value is -4.18. The first-order chi connectivity index (χ1) is 18.4. The lowest BCUT2D eigenvalue weighted by atomic mass is 10.1. The predicted molar refractivity (Wildman–Crippen MR) is 144 cm³/mol. The number of hydrogen-bond acceptors (Lipinski definition) is 7. The summed E-state index contributed by atoms with van der Waals surface area (Å²) in [6.07, 6.45) is 2.51. The van der Waals surface area contributed by atoms with Crippen molar-refractivity contribution in [3.63, 3.8) is 0 Å². The second kappa shape index (κ2) is 10.7. The smallest absolute Gasteiger partial charge is 0.260 e. The summed E-state index contributed by atoms with van der Waals surface area (Å²) in [5.41, 5.74) is 3.69. The molecule has 1 fully saturated rings. The predicted octanol–water partition coefficient (Wildman–Crippen LogP) is 4.13. The number of nitrogens with zero attached hydrogens (tertiary/aromatic N) is 4. The molecular weight excluding hydrogens is 489 g/mol. The zero-order valence-corrected chi connectivity index (χ0v) is 21.4. The second-order valence-corrected chi connectivity index (χ2v) is 9.42. The van der Waals surface area contributed by atoms with E-state index in [-0.39, 0.29) is 25.0 Å². The van der Waals surface area contributed by atoms with E-state index in [0.29, 0.717) is 47.0 Å². The van der Waals surface area contributed by atoms with Crippen LogP contribution in [0.15, 0.2) is 54.7 Å². The summed E-state index contributed by atoms with van der Waals surface area (Å²) in [5.74, 6) is 0.460. The lowest BCUT2D eigenvalue weighted by Gasteiger charge is -2.30. The zero-order valence-electron chi connectivity index (χ0n) is 21.4. The number of β-amino-alcohol motifs (C(OH)–C–C–N with tert-alkyl or cyclic N) is 1. The van der Waals surface area contributed by atoms with Gasteiger partial charge < -0.3 is 29.9 Å². The van der Waals surface area contributed by atoms with Crippen molar-refractivity contribution in [1.29, 1.82) is 0 Å². The Morgan fingerprint density at radius 3 is 2.74 bits per heavy atom. The summed E-state index contributed by atoms with van der Waals surface area (Å²) in [6.45, 7) is 0.00570. The fourth-order valence-corrected chi connectivity index (χ4v) is 4.89. The van der Waals surface area contributed by atoms with E-state index in [1.54, 1.807) is 47.3 Å².